The van der Waals surface area contributed by atoms with E-state index in [1.54, 1.807) is 0 Å². The highest BCUT2D eigenvalue weighted by atomic mass is 35.5. The van der Waals surface area contributed by atoms with Gasteiger partial charge in [-0.25, -0.2) is 0 Å². The molecule has 1 aromatic heterocycles. The molecule has 1 saturated heterocycles. The lowest BCUT2D eigenvalue weighted by Crippen LogP contribution is -2.38. The van der Waals surface area contributed by atoms with Crippen molar-refractivity contribution in [2.45, 2.75) is 32.2 Å². The molecule has 1 aliphatic heterocycles. The predicted molar refractivity (Wildman–Crippen MR) is 62.0 cm³/mol. The van der Waals surface area contributed by atoms with Crippen molar-refractivity contribution in [2.24, 2.45) is 0 Å². The van der Waals surface area contributed by atoms with E-state index in [9.17, 15) is 0 Å². The van der Waals surface area contributed by atoms with Gasteiger partial charge in [0.2, 0.25) is 11.2 Å². The second-order valence-electron chi connectivity index (χ2n) is 3.93. The van der Waals surface area contributed by atoms with Crippen LogP contribution in [0.25, 0.3) is 0 Å². The quantitative estimate of drug-likeness (QED) is 0.793. The van der Waals surface area contributed by atoms with Crippen LogP contribution >= 0.6 is 11.6 Å². The van der Waals surface area contributed by atoms with E-state index < -0.39 is 0 Å². The van der Waals surface area contributed by atoms with Crippen LogP contribution in [0.3, 0.4) is 0 Å². The Bertz CT molecular complexity index is 374. The van der Waals surface area contributed by atoms with Crippen LogP contribution in [0, 0.1) is 0 Å². The van der Waals surface area contributed by atoms with Crippen LogP contribution in [0.15, 0.2) is 0 Å². The van der Waals surface area contributed by atoms with Gasteiger partial charge in [0.25, 0.3) is 0 Å². The van der Waals surface area contributed by atoms with Crippen LogP contribution in [-0.4, -0.2) is 34.6 Å². The SMILES string of the molecule is COc1nc(Cl)nc(N2CCCCC2C)n1. The number of rotatable bonds is 2. The average Bonchev–Trinajstić information content (AvgIpc) is 2.28. The summed E-state index contributed by atoms with van der Waals surface area (Å²) < 4.78 is 4.99. The topological polar surface area (TPSA) is 51.1 Å². The molecule has 0 spiro atoms. The Morgan fingerprint density at radius 1 is 1.31 bits per heavy atom. The molecule has 16 heavy (non-hydrogen) atoms. The monoisotopic (exact) mass is 242 g/mol. The van der Waals surface area contributed by atoms with E-state index in [2.05, 4.69) is 26.8 Å². The lowest BCUT2D eigenvalue weighted by atomic mass is 10.0. The van der Waals surface area contributed by atoms with Crippen molar-refractivity contribution in [3.8, 4) is 6.01 Å². The van der Waals surface area contributed by atoms with E-state index in [-0.39, 0.29) is 11.3 Å². The van der Waals surface area contributed by atoms with Crippen LogP contribution in [0.1, 0.15) is 26.2 Å². The number of methoxy groups -OCH3 is 1. The minimum Gasteiger partial charge on any atom is -0.467 e. The van der Waals surface area contributed by atoms with Gasteiger partial charge in [-0.3, -0.25) is 0 Å². The minimum absolute atomic E-state index is 0.180. The largest absolute Gasteiger partial charge is 0.467 e. The molecule has 2 rings (SSSR count). The summed E-state index contributed by atoms with van der Waals surface area (Å²) in [5.41, 5.74) is 0. The van der Waals surface area contributed by atoms with E-state index in [0.29, 0.717) is 12.0 Å². The maximum Gasteiger partial charge on any atom is 0.322 e. The van der Waals surface area contributed by atoms with E-state index in [4.69, 9.17) is 16.3 Å². The maximum absolute atomic E-state index is 5.83. The van der Waals surface area contributed by atoms with Crippen molar-refractivity contribution in [1.82, 2.24) is 15.0 Å². The number of halogens is 1. The summed E-state index contributed by atoms with van der Waals surface area (Å²) in [6.45, 7) is 3.13. The van der Waals surface area contributed by atoms with Crippen LogP contribution in [0.2, 0.25) is 5.28 Å². The van der Waals surface area contributed by atoms with Crippen molar-refractivity contribution in [3.05, 3.63) is 5.28 Å². The normalized spacial score (nSPS) is 20.9. The molecule has 5 nitrogen and oxygen atoms in total. The van der Waals surface area contributed by atoms with Gasteiger partial charge in [-0.05, 0) is 37.8 Å². The number of ether oxygens (including phenoxy) is 1. The molecular formula is C10H15ClN4O. The fourth-order valence-electron chi connectivity index (χ4n) is 1.94. The van der Waals surface area contributed by atoms with Crippen molar-refractivity contribution in [2.75, 3.05) is 18.6 Å². The van der Waals surface area contributed by atoms with Gasteiger partial charge >= 0.3 is 6.01 Å². The van der Waals surface area contributed by atoms with Gasteiger partial charge in [-0.2, -0.15) is 15.0 Å². The Hall–Kier alpha value is -1.10. The molecule has 0 radical (unpaired) electrons. The van der Waals surface area contributed by atoms with E-state index in [1.807, 2.05) is 0 Å². The van der Waals surface area contributed by atoms with Crippen molar-refractivity contribution < 1.29 is 4.74 Å². The van der Waals surface area contributed by atoms with Gasteiger partial charge in [0, 0.05) is 12.6 Å². The molecule has 2 heterocycles. The Morgan fingerprint density at radius 3 is 2.81 bits per heavy atom. The Morgan fingerprint density at radius 2 is 2.12 bits per heavy atom. The third kappa shape index (κ3) is 2.35. The number of hydrogen-bond donors (Lipinski definition) is 0. The Balaban J connectivity index is 2.27. The zero-order valence-electron chi connectivity index (χ0n) is 9.48. The second kappa shape index (κ2) is 4.82. The molecule has 0 saturated carbocycles. The predicted octanol–water partition coefficient (Wildman–Crippen LogP) is 1.91. The molecule has 1 aliphatic rings. The van der Waals surface area contributed by atoms with Crippen LogP contribution < -0.4 is 9.64 Å². The summed E-state index contributed by atoms with van der Waals surface area (Å²) >= 11 is 5.83. The van der Waals surface area contributed by atoms with Gasteiger partial charge in [0.15, 0.2) is 0 Å². The van der Waals surface area contributed by atoms with Crippen LogP contribution in [-0.2, 0) is 0 Å². The maximum atomic E-state index is 5.83. The molecule has 0 N–H and O–H groups in total. The Kier molecular flexibility index (Phi) is 3.43. The van der Waals surface area contributed by atoms with Gasteiger partial charge in [-0.1, -0.05) is 0 Å². The molecule has 1 unspecified atom stereocenters. The number of hydrogen-bond acceptors (Lipinski definition) is 5. The molecule has 0 amide bonds. The molecule has 1 fully saturated rings. The molecule has 0 bridgehead atoms. The molecule has 88 valence electrons. The number of nitrogens with zero attached hydrogens (tertiary/aromatic N) is 4. The number of anilines is 1. The molecule has 1 aromatic rings. The van der Waals surface area contributed by atoms with Crippen molar-refractivity contribution in [3.63, 3.8) is 0 Å². The minimum atomic E-state index is 0.180. The van der Waals surface area contributed by atoms with Crippen LogP contribution in [0.4, 0.5) is 5.95 Å². The summed E-state index contributed by atoms with van der Waals surface area (Å²) in [6, 6.07) is 0.713. The first kappa shape index (κ1) is 11.4. The van der Waals surface area contributed by atoms with Crippen molar-refractivity contribution in [1.29, 1.82) is 0 Å². The fraction of sp³-hybridized carbons (Fsp3) is 0.700. The Labute approximate surface area is 99.8 Å². The van der Waals surface area contributed by atoms with Gasteiger partial charge < -0.3 is 9.64 Å². The zero-order valence-corrected chi connectivity index (χ0v) is 10.2. The summed E-state index contributed by atoms with van der Waals surface area (Å²) in [7, 11) is 1.52. The zero-order chi connectivity index (χ0) is 11.5. The number of aromatic nitrogens is 3. The first-order chi connectivity index (χ1) is 7.70. The van der Waals surface area contributed by atoms with Crippen molar-refractivity contribution >= 4 is 17.5 Å². The lowest BCUT2D eigenvalue weighted by Gasteiger charge is -2.33. The molecule has 0 aliphatic carbocycles. The molecule has 6 heteroatoms. The summed E-state index contributed by atoms with van der Waals surface area (Å²) in [5.74, 6) is 0.615. The standard InChI is InChI=1S/C10H15ClN4O/c1-7-5-3-4-6-15(7)9-12-8(11)13-10(14-9)16-2/h7H,3-6H2,1-2H3. The van der Waals surface area contributed by atoms with E-state index in [1.165, 1.54) is 13.5 Å². The van der Waals surface area contributed by atoms with Crippen LogP contribution in [0.5, 0.6) is 6.01 Å². The van der Waals surface area contributed by atoms with Gasteiger partial charge in [0.1, 0.15) is 0 Å². The highest BCUT2D eigenvalue weighted by Crippen LogP contribution is 2.23. The smallest absolute Gasteiger partial charge is 0.322 e. The average molecular weight is 243 g/mol. The summed E-state index contributed by atoms with van der Waals surface area (Å²) in [6.07, 6.45) is 3.58. The third-order valence-corrected chi connectivity index (χ3v) is 2.99. The molecular weight excluding hydrogens is 228 g/mol. The first-order valence-electron chi connectivity index (χ1n) is 5.43. The lowest BCUT2D eigenvalue weighted by molar-refractivity contribution is 0.376. The van der Waals surface area contributed by atoms with Gasteiger partial charge in [-0.15, -0.1) is 0 Å². The molecule has 1 atom stereocenters. The van der Waals surface area contributed by atoms with Gasteiger partial charge in [0.05, 0.1) is 7.11 Å². The second-order valence-corrected chi connectivity index (χ2v) is 4.27. The van der Waals surface area contributed by atoms with E-state index in [0.717, 1.165) is 19.4 Å². The highest BCUT2D eigenvalue weighted by Gasteiger charge is 2.22. The highest BCUT2D eigenvalue weighted by molar-refractivity contribution is 6.28. The third-order valence-electron chi connectivity index (χ3n) is 2.82. The summed E-state index contributed by atoms with van der Waals surface area (Å²) in [4.78, 5) is 14.4. The fourth-order valence-corrected chi connectivity index (χ4v) is 2.08. The molecule has 0 aromatic carbocycles. The first-order valence-corrected chi connectivity index (χ1v) is 5.80. The number of piperidine rings is 1. The summed E-state index contributed by atoms with van der Waals surface area (Å²) in [5, 5.41) is 0.180. The van der Waals surface area contributed by atoms with E-state index >= 15 is 0 Å².